The molecule has 340 valence electrons. The molecule has 9 unspecified atom stereocenters. The van der Waals surface area contributed by atoms with Crippen LogP contribution in [0.4, 0.5) is 0 Å². The highest BCUT2D eigenvalue weighted by atomic mass is 16.7. The third-order valence-corrected chi connectivity index (χ3v) is 13.6. The minimum atomic E-state index is -1.46. The van der Waals surface area contributed by atoms with E-state index in [0.29, 0.717) is 49.5 Å². The van der Waals surface area contributed by atoms with E-state index in [1.54, 1.807) is 19.1 Å². The van der Waals surface area contributed by atoms with Crippen molar-refractivity contribution >= 4 is 37.0 Å². The van der Waals surface area contributed by atoms with Gasteiger partial charge in [0.05, 0.1) is 17.7 Å². The van der Waals surface area contributed by atoms with E-state index in [-0.39, 0.29) is 37.5 Å². The molecule has 4 amide bonds. The number of aldehydes is 1. The van der Waals surface area contributed by atoms with Crippen LogP contribution in [0.15, 0.2) is 48.5 Å². The number of carbonyl (C=O) groups is 5. The van der Waals surface area contributed by atoms with Crippen LogP contribution in [0, 0.1) is 17.3 Å². The Morgan fingerprint density at radius 2 is 1.50 bits per heavy atom. The van der Waals surface area contributed by atoms with Gasteiger partial charge < -0.3 is 57.9 Å². The zero-order chi connectivity index (χ0) is 45.2. The summed E-state index contributed by atoms with van der Waals surface area (Å²) in [6.45, 7) is 12.5. The predicted octanol–water partition coefficient (Wildman–Crippen LogP) is 2.87. The molecule has 2 aromatic carbocycles. The SMILES string of the molecule is CCCCc1ccc(-c2ccc(C(=O)NC(CCN)C(=O)NC(CC)C(=O)NC(C)(C=O)CNC(CCCCN)C(=O)NC(N)B3OC4CC5CC(C5(C)C)C4(C)O3)cc2)cc1. The molecule has 3 aliphatic carbocycles. The minimum absolute atomic E-state index is 0.0998. The van der Waals surface area contributed by atoms with E-state index >= 15 is 0 Å². The Morgan fingerprint density at radius 3 is 2.10 bits per heavy atom. The first kappa shape index (κ1) is 48.8. The molecule has 1 saturated heterocycles. The Kier molecular flexibility index (Phi) is 16.9. The largest absolute Gasteiger partial charge is 0.497 e. The standard InChI is InChI=1S/C46H71BN8O7/c1-7-9-12-29-14-16-30(17-15-29)31-18-20-32(21-19-31)39(57)53-36(22-24-49)41(59)52-34(8-2)42(60)55-45(5,28-56)27-51-35(13-10-11-23-48)40(58)54-43(50)47-61-38-26-33-25-37(44(33,3)4)46(38,6)62-47/h14-21,28,33-38,43,51H,7-13,22-27,48-50H2,1-6H3,(H,52,59)(H,53,57)(H,54,58)(H,55,60). The fourth-order valence-corrected chi connectivity index (χ4v) is 9.38. The van der Waals surface area contributed by atoms with Gasteiger partial charge >= 0.3 is 7.12 Å². The lowest BCUT2D eigenvalue weighted by Gasteiger charge is -2.64. The van der Waals surface area contributed by atoms with Gasteiger partial charge in [-0.25, -0.2) is 0 Å². The second-order valence-electron chi connectivity index (χ2n) is 18.6. The van der Waals surface area contributed by atoms with Gasteiger partial charge in [0.1, 0.15) is 30.0 Å². The second-order valence-corrected chi connectivity index (χ2v) is 18.6. The number of carbonyl (C=O) groups excluding carboxylic acids is 5. The van der Waals surface area contributed by atoms with E-state index in [0.717, 1.165) is 43.2 Å². The van der Waals surface area contributed by atoms with Crippen LogP contribution in [0.2, 0.25) is 0 Å². The topological polar surface area (TPSA) is 242 Å². The molecule has 0 spiro atoms. The monoisotopic (exact) mass is 859 g/mol. The maximum atomic E-state index is 13.7. The zero-order valence-corrected chi connectivity index (χ0v) is 37.6. The van der Waals surface area contributed by atoms with Crippen LogP contribution in [0.3, 0.4) is 0 Å². The second kappa shape index (κ2) is 21.5. The van der Waals surface area contributed by atoms with Crippen LogP contribution >= 0.6 is 0 Å². The molecular formula is C46H71BN8O7. The Hall–Kier alpha value is -4.19. The average molecular weight is 859 g/mol. The molecule has 2 aromatic rings. The van der Waals surface area contributed by atoms with Gasteiger partial charge in [-0.05, 0) is 124 Å². The first-order valence-corrected chi connectivity index (χ1v) is 22.6. The maximum absolute atomic E-state index is 13.7. The highest BCUT2D eigenvalue weighted by Crippen LogP contribution is 2.65. The Labute approximate surface area is 368 Å². The molecule has 9 atom stereocenters. The molecule has 16 heteroatoms. The molecular weight excluding hydrogens is 787 g/mol. The lowest BCUT2D eigenvalue weighted by molar-refractivity contribution is -0.199. The summed E-state index contributed by atoms with van der Waals surface area (Å²) >= 11 is 0. The number of amides is 4. The average Bonchev–Trinajstić information content (AvgIpc) is 3.63. The van der Waals surface area contributed by atoms with E-state index in [1.807, 2.05) is 12.1 Å². The van der Waals surface area contributed by atoms with Gasteiger partial charge in [-0.3, -0.25) is 19.2 Å². The van der Waals surface area contributed by atoms with Gasteiger partial charge in [0.15, 0.2) is 0 Å². The lowest BCUT2D eigenvalue weighted by atomic mass is 9.43. The van der Waals surface area contributed by atoms with Crippen molar-refractivity contribution in [3.05, 3.63) is 59.7 Å². The van der Waals surface area contributed by atoms with Crippen LogP contribution in [0.25, 0.3) is 11.1 Å². The molecule has 4 aliphatic rings. The highest BCUT2D eigenvalue weighted by Gasteiger charge is 2.68. The van der Waals surface area contributed by atoms with E-state index in [4.69, 9.17) is 26.5 Å². The lowest BCUT2D eigenvalue weighted by Crippen LogP contribution is -2.65. The summed E-state index contributed by atoms with van der Waals surface area (Å²) in [6.07, 6.45) is 7.78. The summed E-state index contributed by atoms with van der Waals surface area (Å²) in [5.41, 5.74) is 19.9. The molecule has 1 aliphatic heterocycles. The third kappa shape index (κ3) is 11.5. The van der Waals surface area contributed by atoms with Crippen molar-refractivity contribution in [2.75, 3.05) is 19.6 Å². The van der Waals surface area contributed by atoms with Crippen LogP contribution in [-0.4, -0.2) is 98.1 Å². The Balaban J connectivity index is 1.15. The summed E-state index contributed by atoms with van der Waals surface area (Å²) in [6, 6.07) is 11.7. The number of benzene rings is 2. The zero-order valence-electron chi connectivity index (χ0n) is 37.6. The van der Waals surface area contributed by atoms with Gasteiger partial charge in [0.2, 0.25) is 17.7 Å². The third-order valence-electron chi connectivity index (χ3n) is 13.6. The molecule has 3 saturated carbocycles. The van der Waals surface area contributed by atoms with Crippen molar-refractivity contribution in [2.24, 2.45) is 34.5 Å². The molecule has 6 rings (SSSR count). The molecule has 11 N–H and O–H groups in total. The number of nitrogens with one attached hydrogen (secondary N) is 5. The van der Waals surface area contributed by atoms with Gasteiger partial charge in [-0.15, -0.1) is 0 Å². The summed E-state index contributed by atoms with van der Waals surface area (Å²) in [4.78, 5) is 66.8. The van der Waals surface area contributed by atoms with Gasteiger partial charge in [-0.1, -0.05) is 76.9 Å². The number of hydrogen-bond donors (Lipinski definition) is 8. The molecule has 2 bridgehead atoms. The Bertz CT molecular complexity index is 1850. The van der Waals surface area contributed by atoms with Gasteiger partial charge in [0, 0.05) is 12.1 Å². The number of hydrogen-bond acceptors (Lipinski definition) is 11. The summed E-state index contributed by atoms with van der Waals surface area (Å²) in [5, 5.41) is 14.3. The highest BCUT2D eigenvalue weighted by molar-refractivity contribution is 6.47. The van der Waals surface area contributed by atoms with Crippen LogP contribution < -0.4 is 43.8 Å². The van der Waals surface area contributed by atoms with E-state index in [2.05, 4.69) is 78.5 Å². The van der Waals surface area contributed by atoms with Crippen molar-refractivity contribution in [1.29, 1.82) is 0 Å². The number of aryl methyl sites for hydroxylation is 1. The smallest absolute Gasteiger partial charge is 0.403 e. The fraction of sp³-hybridized carbons (Fsp3) is 0.630. The van der Waals surface area contributed by atoms with E-state index < -0.39 is 66.1 Å². The summed E-state index contributed by atoms with van der Waals surface area (Å²) in [5.74, 6) is -1.16. The van der Waals surface area contributed by atoms with Gasteiger partial charge in [0.25, 0.3) is 5.91 Å². The molecule has 0 aromatic heterocycles. The minimum Gasteiger partial charge on any atom is -0.403 e. The van der Waals surface area contributed by atoms with Crippen molar-refractivity contribution in [1.82, 2.24) is 26.6 Å². The molecule has 15 nitrogen and oxygen atoms in total. The quantitative estimate of drug-likeness (QED) is 0.0331. The molecule has 4 fully saturated rings. The predicted molar refractivity (Wildman–Crippen MR) is 241 cm³/mol. The summed E-state index contributed by atoms with van der Waals surface area (Å²) in [7, 11) is -0.817. The first-order chi connectivity index (χ1) is 29.5. The maximum Gasteiger partial charge on any atom is 0.497 e. The number of nitrogens with two attached hydrogens (primary N) is 3. The first-order valence-electron chi connectivity index (χ1n) is 22.6. The molecule has 0 radical (unpaired) electrons. The van der Waals surface area contributed by atoms with Crippen molar-refractivity contribution in [2.45, 2.75) is 147 Å². The fourth-order valence-electron chi connectivity index (χ4n) is 9.38. The van der Waals surface area contributed by atoms with Crippen LogP contribution in [0.1, 0.15) is 115 Å². The van der Waals surface area contributed by atoms with Gasteiger partial charge in [-0.2, -0.15) is 0 Å². The van der Waals surface area contributed by atoms with Crippen molar-refractivity contribution in [3.8, 4) is 11.1 Å². The van der Waals surface area contributed by atoms with Crippen molar-refractivity contribution < 1.29 is 33.3 Å². The van der Waals surface area contributed by atoms with E-state index in [9.17, 15) is 24.0 Å². The van der Waals surface area contributed by atoms with E-state index in [1.165, 1.54) is 12.5 Å². The normalized spacial score (nSPS) is 24.0. The van der Waals surface area contributed by atoms with Crippen LogP contribution in [0.5, 0.6) is 0 Å². The van der Waals surface area contributed by atoms with Crippen LogP contribution in [-0.2, 0) is 34.9 Å². The van der Waals surface area contributed by atoms with Crippen molar-refractivity contribution in [3.63, 3.8) is 0 Å². The Morgan fingerprint density at radius 1 is 0.839 bits per heavy atom. The summed E-state index contributed by atoms with van der Waals surface area (Å²) < 4.78 is 12.7. The molecule has 1 heterocycles. The number of rotatable bonds is 24. The number of unbranched alkanes of at least 4 members (excludes halogenated alkanes) is 2. The molecule has 62 heavy (non-hydrogen) atoms.